The van der Waals surface area contributed by atoms with Crippen LogP contribution in [0.25, 0.3) is 49.8 Å². The molecule has 0 bridgehead atoms. The van der Waals surface area contributed by atoms with Crippen LogP contribution in [0, 0.1) is 0 Å². The van der Waals surface area contributed by atoms with Gasteiger partial charge in [0.05, 0.1) is 82.3 Å². The minimum absolute atomic E-state index is 0.0181. The second-order valence-electron chi connectivity index (χ2n) is 28.4. The number of nitrogens with zero attached hydrogens (tertiary/aromatic N) is 15. The molecule has 3 saturated heterocycles. The Morgan fingerprint density at radius 1 is 0.417 bits per heavy atom. The first-order valence-electron chi connectivity index (χ1n) is 37.7. The van der Waals surface area contributed by atoms with Crippen molar-refractivity contribution in [1.29, 1.82) is 0 Å². The molecule has 12 aromatic rings. The van der Waals surface area contributed by atoms with E-state index in [9.17, 15) is 19.2 Å². The van der Waals surface area contributed by atoms with Gasteiger partial charge in [-0.05, 0) is 155 Å². The smallest absolute Gasteiger partial charge is 0.156 e. The van der Waals surface area contributed by atoms with Gasteiger partial charge in [0.15, 0.2) is 11.6 Å². The molecule has 0 aliphatic carbocycles. The van der Waals surface area contributed by atoms with Crippen molar-refractivity contribution in [3.8, 4) is 28.6 Å². The summed E-state index contributed by atoms with van der Waals surface area (Å²) in [6.45, 7) is 19.2. The van der Waals surface area contributed by atoms with Crippen LogP contribution in [0.5, 0.6) is 11.5 Å². The topological polar surface area (TPSA) is 198 Å². The summed E-state index contributed by atoms with van der Waals surface area (Å²) in [4.78, 5) is 78.4. The molecule has 3 fully saturated rings. The van der Waals surface area contributed by atoms with Gasteiger partial charge in [-0.2, -0.15) is 15.3 Å². The van der Waals surface area contributed by atoms with Gasteiger partial charge in [0.25, 0.3) is 0 Å². The van der Waals surface area contributed by atoms with Gasteiger partial charge in [0.1, 0.15) is 40.8 Å². The lowest BCUT2D eigenvalue weighted by molar-refractivity contribution is -0.127. The zero-order valence-corrected chi connectivity index (χ0v) is 63.0. The number of fused-ring (bicyclic) bond motifs is 3. The molecule has 0 amide bonds. The minimum Gasteiger partial charge on any atom is -0.497 e. The van der Waals surface area contributed by atoms with Gasteiger partial charge in [0, 0.05) is 157 Å². The van der Waals surface area contributed by atoms with Crippen molar-refractivity contribution in [3.05, 3.63) is 242 Å². The Morgan fingerprint density at radius 2 is 0.889 bits per heavy atom. The molecule has 3 unspecified atom stereocenters. The second kappa shape index (κ2) is 35.4. The first kappa shape index (κ1) is 75.0. The quantitative estimate of drug-likeness (QED) is 0.0620. The van der Waals surface area contributed by atoms with Gasteiger partial charge in [-0.1, -0.05) is 86.6 Å². The Balaban J connectivity index is 0.000000143. The summed E-state index contributed by atoms with van der Waals surface area (Å²) in [6.07, 6.45) is 15.1. The molecule has 556 valence electrons. The molecule has 6 aromatic heterocycles. The van der Waals surface area contributed by atoms with E-state index in [1.54, 1.807) is 32.7 Å². The molecule has 0 radical (unpaired) electrons. The van der Waals surface area contributed by atoms with Crippen LogP contribution in [0.1, 0.15) is 120 Å². The summed E-state index contributed by atoms with van der Waals surface area (Å²) in [7, 11) is 3.38. The number of hydrogen-bond acceptors (Lipinski definition) is 18. The van der Waals surface area contributed by atoms with Crippen LogP contribution < -0.4 is 24.2 Å². The number of hydrogen-bond donors (Lipinski definition) is 0. The molecule has 108 heavy (non-hydrogen) atoms. The third kappa shape index (κ3) is 17.9. The number of aromatic nitrogens is 9. The number of carbonyl (C=O) groups is 4. The zero-order valence-electron chi connectivity index (χ0n) is 63.0. The zero-order chi connectivity index (χ0) is 75.0. The molecule has 3 aliphatic heterocycles. The number of carbonyl (C=O) groups excluding carboxylic acids is 4. The molecular weight excluding hydrogens is 1350 g/mol. The molecule has 6 aromatic carbocycles. The van der Waals surface area contributed by atoms with Crippen LogP contribution >= 0.6 is 0 Å². The molecule has 0 N–H and O–H groups in total. The van der Waals surface area contributed by atoms with Crippen molar-refractivity contribution in [2.45, 2.75) is 97.2 Å². The van der Waals surface area contributed by atoms with Crippen LogP contribution in [-0.2, 0) is 19.2 Å². The summed E-state index contributed by atoms with van der Waals surface area (Å²) in [5, 5.41) is 17.8. The number of pyridine rings is 3. The molecule has 3 atom stereocenters. The van der Waals surface area contributed by atoms with Gasteiger partial charge >= 0.3 is 0 Å². The predicted molar refractivity (Wildman–Crippen MR) is 427 cm³/mol. The van der Waals surface area contributed by atoms with Gasteiger partial charge < -0.3 is 29.0 Å². The molecule has 9 heterocycles. The van der Waals surface area contributed by atoms with Crippen molar-refractivity contribution in [2.75, 3.05) is 107 Å². The average Bonchev–Trinajstić information content (AvgIpc) is 1.20. The van der Waals surface area contributed by atoms with Gasteiger partial charge in [-0.25, -0.2) is 14.0 Å². The average molecular weight is 1450 g/mol. The van der Waals surface area contributed by atoms with Gasteiger partial charge in [-0.15, -0.1) is 0 Å². The van der Waals surface area contributed by atoms with Gasteiger partial charge in [-0.3, -0.25) is 44.0 Å². The van der Waals surface area contributed by atoms with E-state index in [-0.39, 0.29) is 48.1 Å². The highest BCUT2D eigenvalue weighted by Crippen LogP contribution is 2.39. The number of benzene rings is 6. The Morgan fingerprint density at radius 3 is 1.42 bits per heavy atom. The maximum absolute atomic E-state index is 13.5. The number of rotatable bonds is 22. The lowest BCUT2D eigenvalue weighted by atomic mass is 9.99. The molecule has 3 aliphatic rings. The highest BCUT2D eigenvalue weighted by molar-refractivity contribution is 5.95. The summed E-state index contributed by atoms with van der Waals surface area (Å²) in [5.74, 6) is 2.41. The molecule has 21 heteroatoms. The van der Waals surface area contributed by atoms with Crippen molar-refractivity contribution in [3.63, 3.8) is 0 Å². The van der Waals surface area contributed by atoms with Crippen molar-refractivity contribution in [2.24, 2.45) is 0 Å². The van der Waals surface area contributed by atoms with Gasteiger partial charge in [0.2, 0.25) is 0 Å². The minimum atomic E-state index is -0.508. The lowest BCUT2D eigenvalue weighted by Gasteiger charge is -2.29. The fourth-order valence-corrected chi connectivity index (χ4v) is 15.2. The predicted octanol–water partition coefficient (Wildman–Crippen LogP) is 14.7. The Kier molecular flexibility index (Phi) is 24.6. The van der Waals surface area contributed by atoms with Crippen LogP contribution in [0.3, 0.4) is 0 Å². The lowest BCUT2D eigenvalue weighted by Crippen LogP contribution is -2.38. The number of anilines is 3. The van der Waals surface area contributed by atoms with E-state index in [0.717, 1.165) is 163 Å². The number of para-hydroxylation sites is 3. The maximum Gasteiger partial charge on any atom is 0.156 e. The first-order chi connectivity index (χ1) is 52.7. The molecule has 21 nitrogen and oxygen atoms in total. The van der Waals surface area contributed by atoms with E-state index in [1.807, 2.05) is 186 Å². The van der Waals surface area contributed by atoms with E-state index in [4.69, 9.17) is 29.8 Å². The summed E-state index contributed by atoms with van der Waals surface area (Å²) in [6, 6.07) is 59.9. The number of Topliss-reactive ketones (excluding diaryl/α,β-unsaturated/α-hetero) is 4. The Bertz CT molecular complexity index is 5030. The molecular formula is C87H97N15O6. The summed E-state index contributed by atoms with van der Waals surface area (Å²) < 4.78 is 16.8. The summed E-state index contributed by atoms with van der Waals surface area (Å²) in [5.41, 5.74) is 13.0. The molecule has 15 rings (SSSR count). The highest BCUT2D eigenvalue weighted by Gasteiger charge is 2.34. The number of methoxy groups -OCH3 is 2. The second-order valence-corrected chi connectivity index (χ2v) is 28.4. The molecule has 0 spiro atoms. The Hall–Kier alpha value is -11.3. The standard InChI is InChI=1S/C30H33N5O3.C30H35N5O.C27H29N5O2/c1-22(36)11-13-26(37)29(25-15-19-35(32-25)24-9-4-3-5-10-24)33-17-7-18-34(21-20-33)30-27(38-2)14-12-23-8-6-16-31-28(23)30;1-22(2)25-20-24-9-7-13-31-30(24)29(21-25)34-15-8-14-33(17-18-34)28(19-23(3)36)27-12-16-35(32-27)26-10-5-4-6-11-26;1-20(33)27(24-11-15-32(29-24)22-9-4-3-5-10-22)31-14-7-13-30(16-17-31)25-19-23(34-2)18-21-8-6-12-28-26(21)25/h3-6,8-10,12,14-16,19,29H,7,11,13,17-18,20-21H2,1-2H3;4-7,9-13,16,20-22,28H,8,14-15,17-19H2,1-3H3;3-6,8-12,15,18-19,27H,7,13-14,16-17H2,1-2H3. The number of ether oxygens (including phenoxy) is 2. The van der Waals surface area contributed by atoms with E-state index in [0.29, 0.717) is 31.1 Å². The van der Waals surface area contributed by atoms with E-state index >= 15 is 0 Å². The fraction of sp³-hybridized carbons (Fsp3) is 0.333. The third-order valence-electron chi connectivity index (χ3n) is 20.6. The van der Waals surface area contributed by atoms with Crippen LogP contribution in [0.4, 0.5) is 17.1 Å². The largest absolute Gasteiger partial charge is 0.497 e. The SMILES string of the molecule is CC(=O)CC(c1ccn(-c2ccccc2)n1)N1CCCN(c2cc(C(C)C)cc3cccnc23)CC1.COc1cc(N2CCCN(C(C(C)=O)c3ccn(-c4ccccc4)n3)CC2)c2ncccc2c1.COc1ccc2cccnc2c1N1CCCN(C(C(=O)CCC(C)=O)c2ccn(-c3ccccc3)n2)CC1. The fourth-order valence-electron chi connectivity index (χ4n) is 15.2. The third-order valence-corrected chi connectivity index (χ3v) is 20.6. The van der Waals surface area contributed by atoms with Crippen molar-refractivity contribution >= 4 is 72.9 Å². The maximum atomic E-state index is 13.5. The van der Waals surface area contributed by atoms with Crippen molar-refractivity contribution in [1.82, 2.24) is 59.0 Å². The Labute approximate surface area is 632 Å². The highest BCUT2D eigenvalue weighted by atomic mass is 16.5. The first-order valence-corrected chi connectivity index (χ1v) is 37.7. The van der Waals surface area contributed by atoms with E-state index in [2.05, 4.69) is 95.7 Å². The van der Waals surface area contributed by atoms with Crippen molar-refractivity contribution < 1.29 is 28.7 Å². The van der Waals surface area contributed by atoms with Crippen LogP contribution in [-0.4, -0.2) is 175 Å². The monoisotopic (exact) mass is 1450 g/mol. The normalized spacial score (nSPS) is 15.6. The molecule has 0 saturated carbocycles. The van der Waals surface area contributed by atoms with E-state index < -0.39 is 6.04 Å². The van der Waals surface area contributed by atoms with E-state index in [1.165, 1.54) is 23.6 Å². The number of ketones is 4. The summed E-state index contributed by atoms with van der Waals surface area (Å²) >= 11 is 0. The van der Waals surface area contributed by atoms with Crippen LogP contribution in [0.15, 0.2) is 219 Å². The van der Waals surface area contributed by atoms with Crippen LogP contribution in [0.2, 0.25) is 0 Å².